The van der Waals surface area contributed by atoms with Crippen LogP contribution in [0.25, 0.3) is 0 Å². The fourth-order valence-corrected chi connectivity index (χ4v) is 1.85. The Balaban J connectivity index is 2.95. The van der Waals surface area contributed by atoms with Crippen LogP contribution in [-0.2, 0) is 0 Å². The predicted octanol–water partition coefficient (Wildman–Crippen LogP) is 2.22. The van der Waals surface area contributed by atoms with Gasteiger partial charge in [0.15, 0.2) is 0 Å². The number of carbonyl (C=O) groups is 1. The van der Waals surface area contributed by atoms with Crippen molar-refractivity contribution in [2.75, 3.05) is 6.54 Å². The number of rotatable bonds is 4. The first kappa shape index (κ1) is 15.3. The van der Waals surface area contributed by atoms with Gasteiger partial charge in [0, 0.05) is 17.2 Å². The molecule has 0 aliphatic rings. The molecule has 102 valence electrons. The van der Waals surface area contributed by atoms with Gasteiger partial charge in [-0.1, -0.05) is 31.8 Å². The molecule has 1 rings (SSSR count). The number of nitrogens with two attached hydrogens (primary N) is 1. The predicted molar refractivity (Wildman–Crippen MR) is 78.9 cm³/mol. The molecule has 0 spiro atoms. The smallest absolute Gasteiger partial charge is 0.251 e. The molecule has 1 aromatic carbocycles. The topological polar surface area (TPSA) is 55.1 Å². The van der Waals surface area contributed by atoms with Crippen LogP contribution in [0.3, 0.4) is 0 Å². The molecule has 0 radical (unpaired) electrons. The third-order valence-electron chi connectivity index (χ3n) is 3.14. The highest BCUT2D eigenvalue weighted by Crippen LogP contribution is 2.11. The summed E-state index contributed by atoms with van der Waals surface area (Å²) in [4.78, 5) is 12.2. The largest absolute Gasteiger partial charge is 0.349 e. The molecule has 0 atom stereocenters. The van der Waals surface area contributed by atoms with Crippen LogP contribution < -0.4 is 11.1 Å². The number of hydrogen-bond acceptors (Lipinski definition) is 2. The van der Waals surface area contributed by atoms with Crippen LogP contribution >= 0.6 is 0 Å². The van der Waals surface area contributed by atoms with E-state index in [1.807, 2.05) is 25.1 Å². The second kappa shape index (κ2) is 7.60. The number of carbonyl (C=O) groups excluding carboxylic acids is 1. The first-order valence-corrected chi connectivity index (χ1v) is 6.72. The van der Waals surface area contributed by atoms with Gasteiger partial charge in [-0.3, -0.25) is 4.79 Å². The Morgan fingerprint density at radius 1 is 1.37 bits per heavy atom. The van der Waals surface area contributed by atoms with E-state index in [9.17, 15) is 4.79 Å². The molecule has 1 aromatic rings. The summed E-state index contributed by atoms with van der Waals surface area (Å²) in [5.41, 5.74) is 7.83. The average Bonchev–Trinajstić information content (AvgIpc) is 2.43. The van der Waals surface area contributed by atoms with Gasteiger partial charge < -0.3 is 11.1 Å². The van der Waals surface area contributed by atoms with Crippen LogP contribution in [-0.4, -0.2) is 18.5 Å². The Bertz CT molecular complexity index is 493. The Labute approximate surface area is 115 Å². The van der Waals surface area contributed by atoms with Gasteiger partial charge in [-0.15, -0.1) is 0 Å². The summed E-state index contributed by atoms with van der Waals surface area (Å²) in [5, 5.41) is 3.04. The van der Waals surface area contributed by atoms with Gasteiger partial charge in [0.1, 0.15) is 0 Å². The van der Waals surface area contributed by atoms with Crippen LogP contribution in [0.2, 0.25) is 0 Å². The van der Waals surface area contributed by atoms with Crippen molar-refractivity contribution in [3.8, 4) is 11.8 Å². The molecule has 0 aliphatic heterocycles. The normalized spacial score (nSPS) is 9.95. The van der Waals surface area contributed by atoms with Crippen LogP contribution in [0.1, 0.15) is 48.2 Å². The van der Waals surface area contributed by atoms with Gasteiger partial charge in [-0.25, -0.2) is 0 Å². The first-order chi connectivity index (χ1) is 9.12. The molecule has 1 amide bonds. The zero-order valence-electron chi connectivity index (χ0n) is 11.9. The molecule has 3 N–H and O–H groups in total. The lowest BCUT2D eigenvalue weighted by Gasteiger charge is -2.15. The van der Waals surface area contributed by atoms with Crippen molar-refractivity contribution in [1.82, 2.24) is 5.32 Å². The zero-order valence-corrected chi connectivity index (χ0v) is 11.9. The first-order valence-electron chi connectivity index (χ1n) is 6.72. The summed E-state index contributed by atoms with van der Waals surface area (Å²) in [6.45, 7) is 6.40. The minimum atomic E-state index is -0.0254. The van der Waals surface area contributed by atoms with E-state index in [1.54, 1.807) is 0 Å². The second-order valence-corrected chi connectivity index (χ2v) is 4.52. The number of hydrogen-bond donors (Lipinski definition) is 2. The van der Waals surface area contributed by atoms with Crippen molar-refractivity contribution < 1.29 is 4.79 Å². The van der Waals surface area contributed by atoms with E-state index in [-0.39, 0.29) is 11.9 Å². The molecule has 3 nitrogen and oxygen atoms in total. The third kappa shape index (κ3) is 4.42. The number of nitrogens with one attached hydrogen (secondary N) is 1. The molecular formula is C16H22N2O. The van der Waals surface area contributed by atoms with E-state index < -0.39 is 0 Å². The molecule has 0 bridgehead atoms. The van der Waals surface area contributed by atoms with Crippen LogP contribution in [0.15, 0.2) is 18.2 Å². The number of amides is 1. The molecule has 0 heterocycles. The maximum absolute atomic E-state index is 12.2. The molecular weight excluding hydrogens is 236 g/mol. The highest BCUT2D eigenvalue weighted by molar-refractivity contribution is 5.96. The lowest BCUT2D eigenvalue weighted by atomic mass is 10.0. The Hall–Kier alpha value is -1.79. The summed E-state index contributed by atoms with van der Waals surface area (Å²) in [6.07, 6.45) is 1.88. The third-order valence-corrected chi connectivity index (χ3v) is 3.14. The summed E-state index contributed by atoms with van der Waals surface area (Å²) in [6, 6.07) is 5.88. The summed E-state index contributed by atoms with van der Waals surface area (Å²) in [5.74, 6) is 5.73. The van der Waals surface area contributed by atoms with Crippen molar-refractivity contribution in [2.24, 2.45) is 5.73 Å². The molecule has 0 fully saturated rings. The van der Waals surface area contributed by atoms with E-state index in [2.05, 4.69) is 31.0 Å². The van der Waals surface area contributed by atoms with Crippen molar-refractivity contribution in [3.05, 3.63) is 34.9 Å². The summed E-state index contributed by atoms with van der Waals surface area (Å²) in [7, 11) is 0. The standard InChI is InChI=1S/C16H22N2O/c1-4-14(5-2)18-16(19)15-11-13(7-6-10-17)9-8-12(15)3/h8-9,11,14H,4-5,10,17H2,1-3H3,(H,18,19). The Morgan fingerprint density at radius 2 is 2.05 bits per heavy atom. The number of benzene rings is 1. The van der Waals surface area contributed by atoms with Crippen molar-refractivity contribution >= 4 is 5.91 Å². The van der Waals surface area contributed by atoms with Gasteiger partial charge in [0.2, 0.25) is 0 Å². The fourth-order valence-electron chi connectivity index (χ4n) is 1.85. The van der Waals surface area contributed by atoms with Gasteiger partial charge >= 0.3 is 0 Å². The molecule has 0 unspecified atom stereocenters. The van der Waals surface area contributed by atoms with E-state index in [0.717, 1.165) is 24.0 Å². The lowest BCUT2D eigenvalue weighted by Crippen LogP contribution is -2.34. The summed E-state index contributed by atoms with van der Waals surface area (Å²) >= 11 is 0. The highest BCUT2D eigenvalue weighted by atomic mass is 16.1. The van der Waals surface area contributed by atoms with Crippen LogP contribution in [0.4, 0.5) is 0 Å². The van der Waals surface area contributed by atoms with Crippen molar-refractivity contribution in [1.29, 1.82) is 0 Å². The maximum atomic E-state index is 12.2. The molecule has 0 aromatic heterocycles. The van der Waals surface area contributed by atoms with Crippen LogP contribution in [0, 0.1) is 18.8 Å². The molecule has 0 saturated heterocycles. The highest BCUT2D eigenvalue weighted by Gasteiger charge is 2.13. The molecule has 19 heavy (non-hydrogen) atoms. The van der Waals surface area contributed by atoms with Crippen molar-refractivity contribution in [3.63, 3.8) is 0 Å². The maximum Gasteiger partial charge on any atom is 0.251 e. The van der Waals surface area contributed by atoms with E-state index in [1.165, 1.54) is 0 Å². The fraction of sp³-hybridized carbons (Fsp3) is 0.438. The lowest BCUT2D eigenvalue weighted by molar-refractivity contribution is 0.0934. The quantitative estimate of drug-likeness (QED) is 0.814. The SMILES string of the molecule is CCC(CC)NC(=O)c1cc(C#CCN)ccc1C. The van der Waals surface area contributed by atoms with Crippen LogP contribution in [0.5, 0.6) is 0 Å². The van der Waals surface area contributed by atoms with Gasteiger partial charge in [-0.2, -0.15) is 0 Å². The second-order valence-electron chi connectivity index (χ2n) is 4.52. The summed E-state index contributed by atoms with van der Waals surface area (Å²) < 4.78 is 0. The van der Waals surface area contributed by atoms with Gasteiger partial charge in [0.25, 0.3) is 5.91 Å². The Morgan fingerprint density at radius 3 is 2.63 bits per heavy atom. The molecule has 3 heteroatoms. The minimum Gasteiger partial charge on any atom is -0.349 e. The van der Waals surface area contributed by atoms with E-state index >= 15 is 0 Å². The zero-order chi connectivity index (χ0) is 14.3. The van der Waals surface area contributed by atoms with Gasteiger partial charge in [0.05, 0.1) is 6.54 Å². The van der Waals surface area contributed by atoms with E-state index in [4.69, 9.17) is 5.73 Å². The minimum absolute atomic E-state index is 0.0254. The van der Waals surface area contributed by atoms with Crippen molar-refractivity contribution in [2.45, 2.75) is 39.7 Å². The average molecular weight is 258 g/mol. The Kier molecular flexibility index (Phi) is 6.11. The van der Waals surface area contributed by atoms with Gasteiger partial charge in [-0.05, 0) is 37.5 Å². The van der Waals surface area contributed by atoms with E-state index in [0.29, 0.717) is 12.1 Å². The molecule has 0 aliphatic carbocycles. The molecule has 0 saturated carbocycles. The monoisotopic (exact) mass is 258 g/mol. The number of aryl methyl sites for hydroxylation is 1.